The lowest BCUT2D eigenvalue weighted by Gasteiger charge is -2.01. The van der Waals surface area contributed by atoms with Crippen LogP contribution in [0.15, 0.2) is 48.0 Å². The van der Waals surface area contributed by atoms with Gasteiger partial charge < -0.3 is 5.73 Å². The monoisotopic (exact) mass is 287 g/mol. The molecule has 3 rings (SSSR count). The van der Waals surface area contributed by atoms with Crippen LogP contribution in [-0.4, -0.2) is 9.97 Å². The van der Waals surface area contributed by atoms with E-state index < -0.39 is 0 Å². The molecule has 2 N–H and O–H groups in total. The first kappa shape index (κ1) is 12.1. The van der Waals surface area contributed by atoms with Crippen LogP contribution in [-0.2, 0) is 0 Å². The fraction of sp³-hybridized carbons (Fsp3) is 0. The van der Waals surface area contributed by atoms with E-state index >= 15 is 0 Å². The molecular weight excluding hydrogens is 278 g/mol. The predicted octanol–water partition coefficient (Wildman–Crippen LogP) is 4.11. The van der Waals surface area contributed by atoms with Crippen LogP contribution in [0.3, 0.4) is 0 Å². The second-order valence-corrected chi connectivity index (χ2v) is 5.22. The van der Waals surface area contributed by atoms with Gasteiger partial charge in [-0.3, -0.25) is 4.98 Å². The zero-order valence-corrected chi connectivity index (χ0v) is 11.4. The minimum absolute atomic E-state index is 0.601. The number of hydrogen-bond donors (Lipinski definition) is 1. The van der Waals surface area contributed by atoms with Gasteiger partial charge in [0.1, 0.15) is 10.7 Å². The van der Waals surface area contributed by atoms with E-state index in [2.05, 4.69) is 9.97 Å². The Bertz CT molecular complexity index is 664. The number of halogens is 1. The highest BCUT2D eigenvalue weighted by atomic mass is 35.5. The van der Waals surface area contributed by atoms with Gasteiger partial charge in [-0.05, 0) is 18.2 Å². The van der Waals surface area contributed by atoms with Crippen molar-refractivity contribution in [1.29, 1.82) is 0 Å². The second-order valence-electron chi connectivity index (χ2n) is 3.96. The Hall–Kier alpha value is -1.91. The van der Waals surface area contributed by atoms with Crippen LogP contribution in [0.5, 0.6) is 0 Å². The van der Waals surface area contributed by atoms with Crippen LogP contribution in [0.4, 0.5) is 5.69 Å². The summed E-state index contributed by atoms with van der Waals surface area (Å²) in [5.41, 5.74) is 9.15. The van der Waals surface area contributed by atoms with Crippen molar-refractivity contribution in [3.05, 3.63) is 53.0 Å². The molecule has 0 amide bonds. The molecule has 0 aliphatic heterocycles. The molecule has 94 valence electrons. The highest BCUT2D eigenvalue weighted by Gasteiger charge is 2.11. The highest BCUT2D eigenvalue weighted by Crippen LogP contribution is 2.33. The average Bonchev–Trinajstić information content (AvgIpc) is 2.89. The van der Waals surface area contributed by atoms with Gasteiger partial charge in [-0.2, -0.15) is 0 Å². The molecule has 2 heterocycles. The standard InChI is InChI=1S/C14H10ClN3S/c15-10-5-3-7-17-13(10)14-18-12(8-19-14)9-4-1-2-6-11(9)16/h1-8H,16H2. The van der Waals surface area contributed by atoms with Gasteiger partial charge in [-0.25, -0.2) is 4.98 Å². The van der Waals surface area contributed by atoms with E-state index in [0.29, 0.717) is 16.4 Å². The van der Waals surface area contributed by atoms with Crippen molar-refractivity contribution in [2.75, 3.05) is 5.73 Å². The Labute approximate surface area is 119 Å². The number of thiazole rings is 1. The summed E-state index contributed by atoms with van der Waals surface area (Å²) >= 11 is 7.63. The summed E-state index contributed by atoms with van der Waals surface area (Å²) in [5, 5.41) is 3.36. The van der Waals surface area contributed by atoms with Crippen molar-refractivity contribution < 1.29 is 0 Å². The van der Waals surface area contributed by atoms with Crippen LogP contribution in [0.1, 0.15) is 0 Å². The molecule has 0 radical (unpaired) electrons. The smallest absolute Gasteiger partial charge is 0.144 e. The van der Waals surface area contributed by atoms with Crippen molar-refractivity contribution in [3.8, 4) is 22.0 Å². The van der Waals surface area contributed by atoms with Gasteiger partial charge in [0.2, 0.25) is 0 Å². The molecule has 2 aromatic heterocycles. The number of para-hydroxylation sites is 1. The third-order valence-electron chi connectivity index (χ3n) is 2.70. The molecule has 5 heteroatoms. The third kappa shape index (κ3) is 2.32. The minimum Gasteiger partial charge on any atom is -0.398 e. The molecule has 0 unspecified atom stereocenters. The lowest BCUT2D eigenvalue weighted by Crippen LogP contribution is -1.89. The largest absolute Gasteiger partial charge is 0.398 e. The Kier molecular flexibility index (Phi) is 3.19. The second kappa shape index (κ2) is 4.99. The quantitative estimate of drug-likeness (QED) is 0.722. The molecule has 0 atom stereocenters. The zero-order valence-electron chi connectivity index (χ0n) is 9.88. The van der Waals surface area contributed by atoms with Gasteiger partial charge in [0.05, 0.1) is 10.7 Å². The summed E-state index contributed by atoms with van der Waals surface area (Å²) in [7, 11) is 0. The van der Waals surface area contributed by atoms with Crippen LogP contribution in [0, 0.1) is 0 Å². The number of anilines is 1. The summed E-state index contributed by atoms with van der Waals surface area (Å²) in [5.74, 6) is 0. The number of nitrogens with two attached hydrogens (primary N) is 1. The maximum Gasteiger partial charge on any atom is 0.144 e. The Morgan fingerprint density at radius 2 is 1.95 bits per heavy atom. The molecular formula is C14H10ClN3S. The summed E-state index contributed by atoms with van der Waals surface area (Å²) in [6.07, 6.45) is 1.71. The SMILES string of the molecule is Nc1ccccc1-c1csc(-c2ncccc2Cl)n1. The normalized spacial score (nSPS) is 10.6. The molecule has 1 aromatic carbocycles. The predicted molar refractivity (Wildman–Crippen MR) is 80.2 cm³/mol. The van der Waals surface area contributed by atoms with Crippen molar-refractivity contribution >= 4 is 28.6 Å². The number of pyridine rings is 1. The molecule has 0 aliphatic rings. The zero-order chi connectivity index (χ0) is 13.2. The number of aromatic nitrogens is 2. The number of nitrogen functional groups attached to an aromatic ring is 1. The van der Waals surface area contributed by atoms with Crippen LogP contribution < -0.4 is 5.73 Å². The summed E-state index contributed by atoms with van der Waals surface area (Å²) < 4.78 is 0. The maximum atomic E-state index is 6.12. The van der Waals surface area contributed by atoms with Gasteiger partial charge in [0, 0.05) is 22.8 Å². The van der Waals surface area contributed by atoms with Crippen molar-refractivity contribution in [1.82, 2.24) is 9.97 Å². The Morgan fingerprint density at radius 3 is 2.74 bits per heavy atom. The minimum atomic E-state index is 0.601. The molecule has 3 nitrogen and oxygen atoms in total. The van der Waals surface area contributed by atoms with E-state index in [1.165, 1.54) is 11.3 Å². The number of nitrogens with zero attached hydrogens (tertiary/aromatic N) is 2. The van der Waals surface area contributed by atoms with Crippen LogP contribution in [0.2, 0.25) is 5.02 Å². The van der Waals surface area contributed by atoms with E-state index in [0.717, 1.165) is 16.3 Å². The fourth-order valence-electron chi connectivity index (χ4n) is 1.78. The summed E-state index contributed by atoms with van der Waals surface area (Å²) in [4.78, 5) is 8.83. The van der Waals surface area contributed by atoms with Gasteiger partial charge in [-0.1, -0.05) is 29.8 Å². The van der Waals surface area contributed by atoms with Crippen molar-refractivity contribution in [3.63, 3.8) is 0 Å². The number of hydrogen-bond acceptors (Lipinski definition) is 4. The summed E-state index contributed by atoms with van der Waals surface area (Å²) in [6.45, 7) is 0. The van der Waals surface area contributed by atoms with E-state index in [4.69, 9.17) is 17.3 Å². The van der Waals surface area contributed by atoms with E-state index in [-0.39, 0.29) is 0 Å². The number of benzene rings is 1. The lowest BCUT2D eigenvalue weighted by molar-refractivity contribution is 1.29. The fourth-order valence-corrected chi connectivity index (χ4v) is 2.87. The Balaban J connectivity index is 2.06. The van der Waals surface area contributed by atoms with Gasteiger partial charge in [0.15, 0.2) is 0 Å². The van der Waals surface area contributed by atoms with Crippen LogP contribution >= 0.6 is 22.9 Å². The van der Waals surface area contributed by atoms with E-state index in [1.54, 1.807) is 12.3 Å². The molecule has 0 bridgehead atoms. The van der Waals surface area contributed by atoms with Gasteiger partial charge in [0.25, 0.3) is 0 Å². The molecule has 0 spiro atoms. The van der Waals surface area contributed by atoms with Crippen molar-refractivity contribution in [2.24, 2.45) is 0 Å². The van der Waals surface area contributed by atoms with Gasteiger partial charge >= 0.3 is 0 Å². The van der Waals surface area contributed by atoms with Crippen LogP contribution in [0.25, 0.3) is 22.0 Å². The first-order chi connectivity index (χ1) is 9.25. The molecule has 19 heavy (non-hydrogen) atoms. The molecule has 0 saturated carbocycles. The third-order valence-corrected chi connectivity index (χ3v) is 3.86. The Morgan fingerprint density at radius 1 is 1.11 bits per heavy atom. The first-order valence-electron chi connectivity index (χ1n) is 5.67. The molecule has 0 fully saturated rings. The van der Waals surface area contributed by atoms with E-state index in [9.17, 15) is 0 Å². The maximum absolute atomic E-state index is 6.12. The average molecular weight is 288 g/mol. The lowest BCUT2D eigenvalue weighted by atomic mass is 10.1. The molecule has 0 aliphatic carbocycles. The van der Waals surface area contributed by atoms with Gasteiger partial charge in [-0.15, -0.1) is 11.3 Å². The highest BCUT2D eigenvalue weighted by molar-refractivity contribution is 7.13. The first-order valence-corrected chi connectivity index (χ1v) is 6.93. The number of rotatable bonds is 2. The van der Waals surface area contributed by atoms with Crippen molar-refractivity contribution in [2.45, 2.75) is 0 Å². The summed E-state index contributed by atoms with van der Waals surface area (Å²) in [6, 6.07) is 11.3. The molecule has 3 aromatic rings. The topological polar surface area (TPSA) is 51.8 Å². The molecule has 0 saturated heterocycles. The van der Waals surface area contributed by atoms with E-state index in [1.807, 2.05) is 35.7 Å².